The minimum Gasteiger partial charge on any atom is -0.307 e. The Kier molecular flexibility index (Phi) is 7.02. The first-order valence-electron chi connectivity index (χ1n) is 11.7. The van der Waals surface area contributed by atoms with E-state index in [2.05, 4.69) is 15.3 Å². The number of rotatable bonds is 9. The molecule has 3 aromatic carbocycles. The van der Waals surface area contributed by atoms with Gasteiger partial charge in [-0.1, -0.05) is 66.7 Å². The summed E-state index contributed by atoms with van der Waals surface area (Å²) in [5, 5.41) is 4.23. The maximum Gasteiger partial charge on any atom is 0.264 e. The quantitative estimate of drug-likeness (QED) is 0.300. The van der Waals surface area contributed by atoms with E-state index < -0.39 is 10.0 Å². The molecule has 36 heavy (non-hydrogen) atoms. The maximum atomic E-state index is 14.1. The molecule has 0 saturated carbocycles. The summed E-state index contributed by atoms with van der Waals surface area (Å²) >= 11 is 0. The van der Waals surface area contributed by atoms with Crippen LogP contribution in [0.15, 0.2) is 120 Å². The third-order valence-electron chi connectivity index (χ3n) is 5.90. The molecule has 0 atom stereocenters. The molecule has 0 bridgehead atoms. The molecule has 2 heterocycles. The van der Waals surface area contributed by atoms with Crippen molar-refractivity contribution in [1.82, 2.24) is 15.3 Å². The van der Waals surface area contributed by atoms with Crippen molar-refractivity contribution in [3.63, 3.8) is 0 Å². The number of pyridine rings is 2. The second kappa shape index (κ2) is 10.7. The van der Waals surface area contributed by atoms with Gasteiger partial charge in [-0.25, -0.2) is 8.42 Å². The van der Waals surface area contributed by atoms with E-state index in [0.717, 1.165) is 22.2 Å². The zero-order chi connectivity index (χ0) is 24.8. The minimum absolute atomic E-state index is 0.195. The second-order valence-corrected chi connectivity index (χ2v) is 10.3. The number of benzene rings is 3. The Morgan fingerprint density at radius 2 is 1.44 bits per heavy atom. The molecular weight excluding hydrogens is 468 g/mol. The first-order chi connectivity index (χ1) is 17.6. The van der Waals surface area contributed by atoms with Crippen LogP contribution in [-0.4, -0.2) is 18.4 Å². The lowest BCUT2D eigenvalue weighted by Crippen LogP contribution is -2.31. The number of sulfonamides is 1. The molecule has 1 N–H and O–H groups in total. The number of para-hydroxylation sites is 1. The minimum atomic E-state index is -3.89. The van der Waals surface area contributed by atoms with Gasteiger partial charge in [0.2, 0.25) is 0 Å². The standard InChI is InChI=1S/C29H26N4O2S/c34-36(35,27-15-6-11-24(19-27)20-30-21-26-14-4-5-17-31-26)33(22-23-9-2-1-3-10-23)28-16-7-12-25-13-8-18-32-29(25)28/h1-19,30H,20-22H2. The zero-order valence-electron chi connectivity index (χ0n) is 19.7. The molecule has 0 fully saturated rings. The van der Waals surface area contributed by atoms with Crippen LogP contribution in [0.2, 0.25) is 0 Å². The van der Waals surface area contributed by atoms with E-state index in [4.69, 9.17) is 0 Å². The van der Waals surface area contributed by atoms with Gasteiger partial charge >= 0.3 is 0 Å². The van der Waals surface area contributed by atoms with Gasteiger partial charge < -0.3 is 5.32 Å². The Hall–Kier alpha value is -4.07. The van der Waals surface area contributed by atoms with Crippen LogP contribution in [0, 0.1) is 0 Å². The van der Waals surface area contributed by atoms with Gasteiger partial charge in [-0.2, -0.15) is 0 Å². The van der Waals surface area contributed by atoms with Gasteiger partial charge in [-0.05, 0) is 47.5 Å². The van der Waals surface area contributed by atoms with Gasteiger partial charge in [0.05, 0.1) is 28.3 Å². The van der Waals surface area contributed by atoms with Crippen molar-refractivity contribution in [3.05, 3.63) is 132 Å². The number of aromatic nitrogens is 2. The Balaban J connectivity index is 1.48. The van der Waals surface area contributed by atoms with Crippen LogP contribution in [0.1, 0.15) is 16.8 Å². The number of fused-ring (bicyclic) bond motifs is 1. The Morgan fingerprint density at radius 1 is 0.694 bits per heavy atom. The summed E-state index contributed by atoms with van der Waals surface area (Å²) in [6.07, 6.45) is 3.45. The summed E-state index contributed by atoms with van der Waals surface area (Å²) < 4.78 is 29.6. The summed E-state index contributed by atoms with van der Waals surface area (Å²) in [5.41, 5.74) is 3.90. The Labute approximate surface area is 211 Å². The van der Waals surface area contributed by atoms with Gasteiger partial charge in [-0.15, -0.1) is 0 Å². The highest BCUT2D eigenvalue weighted by Gasteiger charge is 2.27. The average molecular weight is 495 g/mol. The van der Waals surface area contributed by atoms with Crippen LogP contribution in [0.25, 0.3) is 10.9 Å². The number of anilines is 1. The van der Waals surface area contributed by atoms with Crippen LogP contribution in [0.5, 0.6) is 0 Å². The summed E-state index contributed by atoms with van der Waals surface area (Å²) in [6, 6.07) is 31.9. The van der Waals surface area contributed by atoms with Gasteiger partial charge in [0.1, 0.15) is 0 Å². The zero-order valence-corrected chi connectivity index (χ0v) is 20.5. The summed E-state index contributed by atoms with van der Waals surface area (Å²) in [6.45, 7) is 1.31. The normalized spacial score (nSPS) is 11.4. The van der Waals surface area contributed by atoms with Crippen molar-refractivity contribution in [3.8, 4) is 0 Å². The molecule has 5 aromatic rings. The predicted octanol–water partition coefficient (Wildman–Crippen LogP) is 5.32. The smallest absolute Gasteiger partial charge is 0.264 e. The van der Waals surface area contributed by atoms with Crippen molar-refractivity contribution in [1.29, 1.82) is 0 Å². The number of nitrogens with zero attached hydrogens (tertiary/aromatic N) is 3. The van der Waals surface area contributed by atoms with Crippen molar-refractivity contribution < 1.29 is 8.42 Å². The molecule has 0 spiro atoms. The Morgan fingerprint density at radius 3 is 2.28 bits per heavy atom. The van der Waals surface area contributed by atoms with Crippen LogP contribution in [0.3, 0.4) is 0 Å². The SMILES string of the molecule is O=S(=O)(c1cccc(CNCc2ccccn2)c1)N(Cc1ccccc1)c1cccc2cccnc12. The monoisotopic (exact) mass is 494 g/mol. The first-order valence-corrected chi connectivity index (χ1v) is 13.2. The van der Waals surface area contributed by atoms with E-state index in [-0.39, 0.29) is 11.4 Å². The Bertz CT molecular complexity index is 1550. The third kappa shape index (κ3) is 5.27. The summed E-state index contributed by atoms with van der Waals surface area (Å²) in [7, 11) is -3.89. The van der Waals surface area contributed by atoms with Crippen LogP contribution in [-0.2, 0) is 29.7 Å². The van der Waals surface area contributed by atoms with E-state index >= 15 is 0 Å². The largest absolute Gasteiger partial charge is 0.307 e. The molecule has 0 saturated heterocycles. The average Bonchev–Trinajstić information content (AvgIpc) is 2.93. The van der Waals surface area contributed by atoms with Crippen LogP contribution < -0.4 is 9.62 Å². The molecule has 6 nitrogen and oxygen atoms in total. The lowest BCUT2D eigenvalue weighted by Gasteiger charge is -2.26. The molecule has 0 aliphatic rings. The van der Waals surface area contributed by atoms with Gasteiger partial charge in [0.15, 0.2) is 0 Å². The van der Waals surface area contributed by atoms with Crippen molar-refractivity contribution in [2.75, 3.05) is 4.31 Å². The fourth-order valence-corrected chi connectivity index (χ4v) is 5.65. The van der Waals surface area contributed by atoms with Gasteiger partial charge in [0, 0.05) is 30.9 Å². The van der Waals surface area contributed by atoms with E-state index in [9.17, 15) is 8.42 Å². The van der Waals surface area contributed by atoms with Crippen molar-refractivity contribution in [2.24, 2.45) is 0 Å². The number of hydrogen-bond donors (Lipinski definition) is 1. The lowest BCUT2D eigenvalue weighted by atomic mass is 10.1. The molecule has 2 aromatic heterocycles. The molecule has 0 aliphatic heterocycles. The first kappa shape index (κ1) is 23.7. The highest BCUT2D eigenvalue weighted by atomic mass is 32.2. The van der Waals surface area contributed by atoms with Gasteiger partial charge in [0.25, 0.3) is 10.0 Å². The molecule has 180 valence electrons. The molecule has 0 amide bonds. The van der Waals surface area contributed by atoms with E-state index in [1.165, 1.54) is 4.31 Å². The third-order valence-corrected chi connectivity index (χ3v) is 7.65. The number of nitrogens with one attached hydrogen (secondary N) is 1. The highest BCUT2D eigenvalue weighted by Crippen LogP contribution is 2.31. The highest BCUT2D eigenvalue weighted by molar-refractivity contribution is 7.92. The molecule has 0 aliphatic carbocycles. The summed E-state index contributed by atoms with van der Waals surface area (Å²) in [4.78, 5) is 9.07. The molecule has 0 radical (unpaired) electrons. The predicted molar refractivity (Wildman–Crippen MR) is 143 cm³/mol. The van der Waals surface area contributed by atoms with E-state index in [1.807, 2.05) is 84.9 Å². The van der Waals surface area contributed by atoms with E-state index in [1.54, 1.807) is 30.6 Å². The lowest BCUT2D eigenvalue weighted by molar-refractivity contribution is 0.590. The fourth-order valence-electron chi connectivity index (χ4n) is 4.12. The molecule has 5 rings (SSSR count). The van der Waals surface area contributed by atoms with E-state index in [0.29, 0.717) is 24.3 Å². The molecular formula is C29H26N4O2S. The van der Waals surface area contributed by atoms with Gasteiger partial charge in [-0.3, -0.25) is 14.3 Å². The maximum absolute atomic E-state index is 14.1. The number of hydrogen-bond acceptors (Lipinski definition) is 5. The molecule has 7 heteroatoms. The summed E-state index contributed by atoms with van der Waals surface area (Å²) in [5.74, 6) is 0. The van der Waals surface area contributed by atoms with Crippen molar-refractivity contribution >= 4 is 26.6 Å². The fraction of sp³-hybridized carbons (Fsp3) is 0.103. The van der Waals surface area contributed by atoms with Crippen LogP contribution >= 0.6 is 0 Å². The van der Waals surface area contributed by atoms with Crippen molar-refractivity contribution in [2.45, 2.75) is 24.5 Å². The topological polar surface area (TPSA) is 75.2 Å². The molecule has 0 unspecified atom stereocenters. The second-order valence-electron chi connectivity index (χ2n) is 8.42. The van der Waals surface area contributed by atoms with Crippen LogP contribution in [0.4, 0.5) is 5.69 Å².